The van der Waals surface area contributed by atoms with Crippen LogP contribution in [0.1, 0.15) is 45.7 Å². The Morgan fingerprint density at radius 3 is 2.61 bits per heavy atom. The van der Waals surface area contributed by atoms with Crippen molar-refractivity contribution >= 4 is 33.5 Å². The van der Waals surface area contributed by atoms with Crippen LogP contribution in [-0.2, 0) is 4.79 Å². The third-order valence-electron chi connectivity index (χ3n) is 5.57. The van der Waals surface area contributed by atoms with Crippen molar-refractivity contribution in [1.82, 2.24) is 14.8 Å². The van der Waals surface area contributed by atoms with Gasteiger partial charge in [-0.05, 0) is 73.0 Å². The number of carbonyl (C=O) groups is 1. The van der Waals surface area contributed by atoms with E-state index < -0.39 is 6.04 Å². The molecule has 1 unspecified atom stereocenters. The van der Waals surface area contributed by atoms with Crippen LogP contribution in [0.3, 0.4) is 0 Å². The van der Waals surface area contributed by atoms with Crippen molar-refractivity contribution < 1.29 is 19.0 Å². The van der Waals surface area contributed by atoms with Crippen LogP contribution in [0.2, 0.25) is 0 Å². The van der Waals surface area contributed by atoms with Crippen molar-refractivity contribution in [3.8, 4) is 17.2 Å². The Labute approximate surface area is 219 Å². The van der Waals surface area contributed by atoms with Crippen molar-refractivity contribution in [2.24, 2.45) is 0 Å². The highest BCUT2D eigenvalue weighted by molar-refractivity contribution is 9.10. The number of amides is 1. The summed E-state index contributed by atoms with van der Waals surface area (Å²) in [5.74, 6) is 2.09. The van der Waals surface area contributed by atoms with Crippen LogP contribution in [0.5, 0.6) is 17.2 Å². The molecule has 1 aliphatic rings. The first-order valence-corrected chi connectivity index (χ1v) is 12.8. The number of aromatic nitrogens is 3. The van der Waals surface area contributed by atoms with Crippen molar-refractivity contribution in [2.45, 2.75) is 40.2 Å². The van der Waals surface area contributed by atoms with Gasteiger partial charge < -0.3 is 24.8 Å². The van der Waals surface area contributed by atoms with E-state index in [-0.39, 0.29) is 5.91 Å². The Hall–Kier alpha value is -3.53. The van der Waals surface area contributed by atoms with Crippen molar-refractivity contribution in [3.63, 3.8) is 0 Å². The number of allylic oxidation sites excluding steroid dienone is 1. The topological polar surface area (TPSA) is 99.5 Å². The summed E-state index contributed by atoms with van der Waals surface area (Å²) in [6.45, 7) is 9.24. The van der Waals surface area contributed by atoms with Crippen LogP contribution in [0, 0.1) is 0 Å². The normalized spacial score (nSPS) is 14.6. The van der Waals surface area contributed by atoms with Gasteiger partial charge in [0.05, 0.1) is 35.6 Å². The molecule has 36 heavy (non-hydrogen) atoms. The maximum absolute atomic E-state index is 13.8. The number of ether oxygens (including phenoxy) is 3. The Bertz CT molecular complexity index is 1270. The minimum Gasteiger partial charge on any atom is -0.492 e. The van der Waals surface area contributed by atoms with Gasteiger partial charge in [0.1, 0.15) is 18.1 Å². The van der Waals surface area contributed by atoms with E-state index in [1.807, 2.05) is 64.1 Å². The third kappa shape index (κ3) is 5.18. The van der Waals surface area contributed by atoms with Crippen molar-refractivity contribution in [1.29, 1.82) is 0 Å². The van der Waals surface area contributed by atoms with E-state index in [1.54, 1.807) is 4.68 Å². The largest absolute Gasteiger partial charge is 0.492 e. The van der Waals surface area contributed by atoms with Crippen LogP contribution in [0.25, 0.3) is 0 Å². The fourth-order valence-corrected chi connectivity index (χ4v) is 4.66. The second-order valence-corrected chi connectivity index (χ2v) is 8.94. The minimum absolute atomic E-state index is 0.279. The third-order valence-corrected chi connectivity index (χ3v) is 6.16. The first kappa shape index (κ1) is 25.6. The van der Waals surface area contributed by atoms with E-state index in [9.17, 15) is 4.79 Å². The average Bonchev–Trinajstić information content (AvgIpc) is 3.32. The minimum atomic E-state index is -0.557. The van der Waals surface area contributed by atoms with Gasteiger partial charge in [-0.15, -0.1) is 0 Å². The molecule has 0 radical (unpaired) electrons. The predicted molar refractivity (Wildman–Crippen MR) is 142 cm³/mol. The first-order valence-electron chi connectivity index (χ1n) is 12.0. The summed E-state index contributed by atoms with van der Waals surface area (Å²) >= 11 is 3.65. The van der Waals surface area contributed by atoms with Crippen LogP contribution >= 0.6 is 15.9 Å². The van der Waals surface area contributed by atoms with Gasteiger partial charge in [-0.25, -0.2) is 4.68 Å². The van der Waals surface area contributed by atoms with Gasteiger partial charge in [0.2, 0.25) is 5.95 Å². The Morgan fingerprint density at radius 1 is 1.11 bits per heavy atom. The Morgan fingerprint density at radius 2 is 1.86 bits per heavy atom. The van der Waals surface area contributed by atoms with E-state index in [2.05, 4.69) is 36.6 Å². The van der Waals surface area contributed by atoms with Gasteiger partial charge in [-0.1, -0.05) is 19.1 Å². The molecule has 0 spiro atoms. The number of halogens is 1. The summed E-state index contributed by atoms with van der Waals surface area (Å²) < 4.78 is 20.0. The fourth-order valence-electron chi connectivity index (χ4n) is 4.09. The second-order valence-electron chi connectivity index (χ2n) is 8.09. The molecule has 0 saturated heterocycles. The zero-order valence-corrected chi connectivity index (χ0v) is 22.4. The lowest BCUT2D eigenvalue weighted by Crippen LogP contribution is -2.31. The SMILES string of the molecule is CCCOc1c(Br)cc(C2C(C(=O)Nc3ccccc3OCC)=C(C)Nc3ncnn32)cc1OCC. The molecule has 9 nitrogen and oxygen atoms in total. The van der Waals surface area contributed by atoms with E-state index in [4.69, 9.17) is 14.2 Å². The maximum atomic E-state index is 13.8. The highest BCUT2D eigenvalue weighted by Gasteiger charge is 2.34. The van der Waals surface area contributed by atoms with Crippen molar-refractivity contribution in [3.05, 3.63) is 64.0 Å². The second kappa shape index (κ2) is 11.5. The summed E-state index contributed by atoms with van der Waals surface area (Å²) in [7, 11) is 0. The molecule has 0 fully saturated rings. The number of hydrogen-bond donors (Lipinski definition) is 2. The maximum Gasteiger partial charge on any atom is 0.255 e. The molecule has 2 heterocycles. The number of carbonyl (C=O) groups excluding carboxylic acids is 1. The van der Waals surface area contributed by atoms with Gasteiger partial charge in [0, 0.05) is 5.70 Å². The lowest BCUT2D eigenvalue weighted by Gasteiger charge is -2.29. The molecule has 1 aliphatic heterocycles. The Balaban J connectivity index is 1.78. The first-order chi connectivity index (χ1) is 17.5. The number of fused-ring (bicyclic) bond motifs is 1. The molecule has 4 rings (SSSR count). The van der Waals surface area contributed by atoms with Crippen molar-refractivity contribution in [2.75, 3.05) is 30.5 Å². The van der Waals surface area contributed by atoms with E-state index in [1.165, 1.54) is 6.33 Å². The van der Waals surface area contributed by atoms with E-state index in [0.29, 0.717) is 60.0 Å². The number of para-hydroxylation sites is 2. The smallest absolute Gasteiger partial charge is 0.255 e. The highest BCUT2D eigenvalue weighted by atomic mass is 79.9. The Kier molecular flexibility index (Phi) is 8.14. The number of rotatable bonds is 10. The number of nitrogens with one attached hydrogen (secondary N) is 2. The fraction of sp³-hybridized carbons (Fsp3) is 0.346. The van der Waals surface area contributed by atoms with Crippen LogP contribution in [0.4, 0.5) is 11.6 Å². The molecule has 3 aromatic rings. The molecule has 1 amide bonds. The summed E-state index contributed by atoms with van der Waals surface area (Å²) in [6.07, 6.45) is 2.33. The molecule has 0 bridgehead atoms. The molecular weight excluding hydrogens is 526 g/mol. The van der Waals surface area contributed by atoms with Gasteiger partial charge in [0.15, 0.2) is 11.5 Å². The van der Waals surface area contributed by atoms with Crippen LogP contribution in [-0.4, -0.2) is 40.5 Å². The number of benzene rings is 2. The summed E-state index contributed by atoms with van der Waals surface area (Å²) in [5.41, 5.74) is 2.56. The summed E-state index contributed by atoms with van der Waals surface area (Å²) in [5, 5.41) is 10.6. The zero-order valence-electron chi connectivity index (χ0n) is 20.8. The molecule has 190 valence electrons. The lowest BCUT2D eigenvalue weighted by molar-refractivity contribution is -0.113. The van der Waals surface area contributed by atoms with E-state index in [0.717, 1.165) is 16.5 Å². The predicted octanol–water partition coefficient (Wildman–Crippen LogP) is 5.55. The molecular formula is C26H30BrN5O4. The summed E-state index contributed by atoms with van der Waals surface area (Å²) in [4.78, 5) is 18.1. The molecule has 2 N–H and O–H groups in total. The van der Waals surface area contributed by atoms with Crippen LogP contribution < -0.4 is 24.8 Å². The van der Waals surface area contributed by atoms with Gasteiger partial charge >= 0.3 is 0 Å². The highest BCUT2D eigenvalue weighted by Crippen LogP contribution is 2.43. The van der Waals surface area contributed by atoms with Crippen LogP contribution in [0.15, 0.2) is 58.5 Å². The standard InChI is InChI=1S/C26H30BrN5O4/c1-5-12-36-24-18(27)13-17(14-21(24)35-7-3)23-22(16(4)30-26-28-15-29-32(23)26)25(33)31-19-10-8-9-11-20(19)34-6-2/h8-11,13-15,23H,5-7,12H2,1-4H3,(H,31,33)(H,28,29,30). The lowest BCUT2D eigenvalue weighted by atomic mass is 9.94. The summed E-state index contributed by atoms with van der Waals surface area (Å²) in [6, 6.07) is 10.6. The molecule has 10 heteroatoms. The van der Waals surface area contributed by atoms with E-state index >= 15 is 0 Å². The van der Waals surface area contributed by atoms with Gasteiger partial charge in [-0.2, -0.15) is 10.1 Å². The molecule has 1 atom stereocenters. The number of anilines is 2. The molecule has 2 aromatic carbocycles. The zero-order chi connectivity index (χ0) is 25.7. The number of hydrogen-bond acceptors (Lipinski definition) is 7. The average molecular weight is 556 g/mol. The quantitative estimate of drug-likeness (QED) is 0.338. The monoisotopic (exact) mass is 555 g/mol. The molecule has 1 aromatic heterocycles. The molecule has 0 saturated carbocycles. The number of nitrogens with zero attached hydrogens (tertiary/aromatic N) is 3. The van der Waals surface area contributed by atoms with Gasteiger partial charge in [0.25, 0.3) is 5.91 Å². The molecule has 0 aliphatic carbocycles. The van der Waals surface area contributed by atoms with Gasteiger partial charge in [-0.3, -0.25) is 4.79 Å².